The highest BCUT2D eigenvalue weighted by atomic mass is 16.5. The molecule has 0 amide bonds. The topological polar surface area (TPSA) is 151 Å². The molecule has 53 heavy (non-hydrogen) atoms. The smallest absolute Gasteiger partial charge is 0.200 e. The van der Waals surface area contributed by atoms with Crippen molar-refractivity contribution >= 4 is 5.69 Å². The largest absolute Gasteiger partial charge is 0.502 e. The molecule has 1 aliphatic carbocycles. The summed E-state index contributed by atoms with van der Waals surface area (Å²) in [4.78, 5) is 0. The van der Waals surface area contributed by atoms with Gasteiger partial charge in [-0.15, -0.1) is 0 Å². The summed E-state index contributed by atoms with van der Waals surface area (Å²) >= 11 is 0. The third-order valence-corrected chi connectivity index (χ3v) is 10.8. The number of anilines is 1. The van der Waals surface area contributed by atoms with E-state index < -0.39 is 18.2 Å². The number of nitrogens with one attached hydrogen (secondary N) is 2. The van der Waals surface area contributed by atoms with E-state index in [1.807, 2.05) is 31.2 Å². The van der Waals surface area contributed by atoms with Gasteiger partial charge in [-0.25, -0.2) is 0 Å². The van der Waals surface area contributed by atoms with Gasteiger partial charge in [0.05, 0.1) is 39.1 Å². The Bertz CT molecular complexity index is 1980. The Hall–Kier alpha value is -4.68. The van der Waals surface area contributed by atoms with Gasteiger partial charge < -0.3 is 49.4 Å². The molecule has 0 saturated carbocycles. The number of phenols is 1. The Labute approximate surface area is 310 Å². The van der Waals surface area contributed by atoms with Crippen LogP contribution in [0.4, 0.5) is 5.69 Å². The van der Waals surface area contributed by atoms with Gasteiger partial charge in [0.1, 0.15) is 24.0 Å². The second-order valence-corrected chi connectivity index (χ2v) is 14.3. The van der Waals surface area contributed by atoms with Crippen LogP contribution in [-0.2, 0) is 19.3 Å². The van der Waals surface area contributed by atoms with E-state index in [1.54, 1.807) is 19.2 Å². The van der Waals surface area contributed by atoms with Gasteiger partial charge in [-0.05, 0) is 66.1 Å². The lowest BCUT2D eigenvalue weighted by molar-refractivity contribution is 0.0876. The molecule has 0 aromatic heterocycles. The van der Waals surface area contributed by atoms with Crippen LogP contribution >= 0.6 is 0 Å². The monoisotopic (exact) mass is 726 g/mol. The fraction of sp³-hybridized carbons (Fsp3) is 0.429. The molecule has 4 atom stereocenters. The molecule has 4 aromatic rings. The van der Waals surface area contributed by atoms with Gasteiger partial charge in [-0.3, -0.25) is 5.32 Å². The second kappa shape index (κ2) is 15.4. The number of fused-ring (bicyclic) bond motifs is 2. The van der Waals surface area contributed by atoms with E-state index in [0.29, 0.717) is 64.8 Å². The third-order valence-electron chi connectivity index (χ3n) is 10.8. The molecule has 4 unspecified atom stereocenters. The van der Waals surface area contributed by atoms with Crippen LogP contribution in [-0.4, -0.2) is 67.7 Å². The van der Waals surface area contributed by atoms with Crippen molar-refractivity contribution in [1.29, 1.82) is 0 Å². The highest BCUT2D eigenvalue weighted by molar-refractivity contribution is 5.93. The summed E-state index contributed by atoms with van der Waals surface area (Å²) in [6.07, 6.45) is -0.127. The molecule has 0 spiro atoms. The summed E-state index contributed by atoms with van der Waals surface area (Å²) in [5.41, 5.74) is 8.76. The van der Waals surface area contributed by atoms with Crippen LogP contribution in [0.5, 0.6) is 34.5 Å². The number of hydrogen-bond acceptors (Lipinski definition) is 11. The maximum atomic E-state index is 12.2. The van der Waals surface area contributed by atoms with Gasteiger partial charge in [0.15, 0.2) is 17.7 Å². The van der Waals surface area contributed by atoms with Crippen LogP contribution in [0.2, 0.25) is 0 Å². The molecule has 0 radical (unpaired) electrons. The Balaban J connectivity index is 1.22. The number of rotatable bonds is 14. The van der Waals surface area contributed by atoms with Gasteiger partial charge in [0, 0.05) is 58.5 Å². The van der Waals surface area contributed by atoms with E-state index in [-0.39, 0.29) is 49.7 Å². The number of hydrogen-bond donors (Lipinski definition) is 6. The maximum Gasteiger partial charge on any atom is 0.200 e. The summed E-state index contributed by atoms with van der Waals surface area (Å²) in [5.74, 6) is 1.62. The molecule has 0 fully saturated rings. The first-order chi connectivity index (χ1) is 25.7. The maximum absolute atomic E-state index is 12.2. The first kappa shape index (κ1) is 36.7. The van der Waals surface area contributed by atoms with Gasteiger partial charge in [-0.1, -0.05) is 45.0 Å². The molecule has 0 bridgehead atoms. The van der Waals surface area contributed by atoms with Crippen LogP contribution in [0.25, 0.3) is 11.1 Å². The zero-order chi connectivity index (χ0) is 37.4. The van der Waals surface area contributed by atoms with E-state index in [1.165, 1.54) is 12.7 Å². The van der Waals surface area contributed by atoms with Crippen molar-refractivity contribution in [3.05, 3.63) is 87.5 Å². The predicted octanol–water partition coefficient (Wildman–Crippen LogP) is 6.10. The minimum absolute atomic E-state index is 0.0884. The van der Waals surface area contributed by atoms with Crippen LogP contribution in [0.1, 0.15) is 83.9 Å². The standard InChI is InChI=1S/C42H50N2O9/c1-6-43-21-53-33-17-31(49-4)27-11-12-28-36-30(44-42(48)39(33)38(27)36)16-32-37(28)40(46)29(20-52-32)25-14-34(50-5)41(47)35(15-25)51-19-23(18-45)13-24-9-7-8-10-26(24)22(2)3/h7-10,14-17,22-23,29,40,42-48H,6,11-13,18-21H2,1-5H3. The first-order valence-corrected chi connectivity index (χ1v) is 18.4. The Morgan fingerprint density at radius 2 is 1.66 bits per heavy atom. The summed E-state index contributed by atoms with van der Waals surface area (Å²) in [7, 11) is 3.11. The molecular weight excluding hydrogens is 676 g/mol. The van der Waals surface area contributed by atoms with Crippen molar-refractivity contribution in [2.75, 3.05) is 52.6 Å². The van der Waals surface area contributed by atoms with E-state index in [9.17, 15) is 20.4 Å². The number of aliphatic hydroxyl groups is 3. The normalized spacial score (nSPS) is 18.7. The van der Waals surface area contributed by atoms with Crippen molar-refractivity contribution < 1.29 is 44.1 Å². The number of methoxy groups -OCH3 is 2. The summed E-state index contributed by atoms with van der Waals surface area (Å²) in [5, 5.41) is 51.5. The first-order valence-electron chi connectivity index (χ1n) is 18.4. The summed E-state index contributed by atoms with van der Waals surface area (Å²) in [6.45, 7) is 7.53. The van der Waals surface area contributed by atoms with Crippen LogP contribution in [0.15, 0.2) is 48.5 Å². The minimum atomic E-state index is -1.03. The third kappa shape index (κ3) is 6.71. The molecule has 11 nitrogen and oxygen atoms in total. The fourth-order valence-electron chi connectivity index (χ4n) is 8.14. The lowest BCUT2D eigenvalue weighted by atomic mass is 9.74. The lowest BCUT2D eigenvalue weighted by Crippen LogP contribution is -2.29. The SMILES string of the molecule is CCNCOc1cc(OC)c2c3c1C(O)Nc1cc4c(c(c1-3)CC2)C(O)C(c1cc(OC)c(O)c(OCC(CO)Cc2ccccc2C(C)C)c1)CO4. The van der Waals surface area contributed by atoms with Gasteiger partial charge in [-0.2, -0.15) is 0 Å². The molecular formula is C42H50N2O9. The average Bonchev–Trinajstić information content (AvgIpc) is 3.16. The van der Waals surface area contributed by atoms with E-state index >= 15 is 0 Å². The molecule has 2 aliphatic heterocycles. The fourth-order valence-corrected chi connectivity index (χ4v) is 8.14. The molecule has 2 heterocycles. The van der Waals surface area contributed by atoms with Crippen molar-refractivity contribution in [1.82, 2.24) is 5.32 Å². The average molecular weight is 727 g/mol. The lowest BCUT2D eigenvalue weighted by Gasteiger charge is -2.39. The number of aliphatic hydroxyl groups excluding tert-OH is 3. The molecule has 282 valence electrons. The van der Waals surface area contributed by atoms with Crippen LogP contribution < -0.4 is 34.3 Å². The number of aromatic hydroxyl groups is 1. The van der Waals surface area contributed by atoms with Gasteiger partial charge in [0.25, 0.3) is 0 Å². The Morgan fingerprint density at radius 1 is 0.906 bits per heavy atom. The van der Waals surface area contributed by atoms with Crippen LogP contribution in [0.3, 0.4) is 0 Å². The summed E-state index contributed by atoms with van der Waals surface area (Å²) < 4.78 is 30.1. The quantitative estimate of drug-likeness (QED) is 0.0661. The summed E-state index contributed by atoms with van der Waals surface area (Å²) in [6, 6.07) is 15.3. The molecule has 0 saturated heterocycles. The number of phenolic OH excluding ortho intramolecular Hbond substituents is 1. The highest BCUT2D eigenvalue weighted by Gasteiger charge is 2.41. The molecule has 11 heteroatoms. The number of ether oxygens (including phenoxy) is 5. The van der Waals surface area contributed by atoms with E-state index in [0.717, 1.165) is 34.4 Å². The van der Waals surface area contributed by atoms with E-state index in [2.05, 4.69) is 36.6 Å². The van der Waals surface area contributed by atoms with E-state index in [4.69, 9.17) is 23.7 Å². The molecule has 6 N–H and O–H groups in total. The van der Waals surface area contributed by atoms with Crippen molar-refractivity contribution in [2.45, 2.75) is 64.2 Å². The Kier molecular flexibility index (Phi) is 10.6. The van der Waals surface area contributed by atoms with Gasteiger partial charge >= 0.3 is 0 Å². The van der Waals surface area contributed by atoms with Gasteiger partial charge in [0.2, 0.25) is 5.75 Å². The minimum Gasteiger partial charge on any atom is -0.502 e. The number of benzene rings is 4. The molecule has 7 rings (SSSR count). The van der Waals surface area contributed by atoms with Crippen molar-refractivity contribution in [3.63, 3.8) is 0 Å². The molecule has 4 aromatic carbocycles. The van der Waals surface area contributed by atoms with Crippen LogP contribution in [0, 0.1) is 5.92 Å². The van der Waals surface area contributed by atoms with Crippen molar-refractivity contribution in [2.24, 2.45) is 5.92 Å². The predicted molar refractivity (Wildman–Crippen MR) is 202 cm³/mol. The molecule has 3 aliphatic rings. The Morgan fingerprint density at radius 3 is 2.40 bits per heavy atom. The zero-order valence-electron chi connectivity index (χ0n) is 31.0. The second-order valence-electron chi connectivity index (χ2n) is 14.3. The highest BCUT2D eigenvalue weighted by Crippen LogP contribution is 2.57. The zero-order valence-corrected chi connectivity index (χ0v) is 31.0. The van der Waals surface area contributed by atoms with Crippen molar-refractivity contribution in [3.8, 4) is 45.6 Å².